The van der Waals surface area contributed by atoms with Crippen molar-refractivity contribution >= 4 is 11.8 Å². The molecule has 2 aromatic rings. The van der Waals surface area contributed by atoms with E-state index >= 15 is 0 Å². The van der Waals surface area contributed by atoms with Crippen molar-refractivity contribution in [3.05, 3.63) is 29.5 Å². The molecule has 1 atom stereocenters. The van der Waals surface area contributed by atoms with Crippen LogP contribution in [0.15, 0.2) is 12.3 Å². The van der Waals surface area contributed by atoms with Crippen molar-refractivity contribution in [2.75, 3.05) is 42.6 Å². The predicted molar refractivity (Wildman–Crippen MR) is 98.2 cm³/mol. The number of rotatable bonds is 4. The Morgan fingerprint density at radius 2 is 2.04 bits per heavy atom. The highest BCUT2D eigenvalue weighted by atomic mass is 19.1. The predicted octanol–water partition coefficient (Wildman–Crippen LogP) is 1.50. The third kappa shape index (κ3) is 3.74. The largest absolute Gasteiger partial charge is 0.387 e. The van der Waals surface area contributed by atoms with Gasteiger partial charge in [-0.1, -0.05) is 6.92 Å². The Bertz CT molecular complexity index is 792. The lowest BCUT2D eigenvalue weighted by atomic mass is 10.2. The van der Waals surface area contributed by atoms with Gasteiger partial charge >= 0.3 is 0 Å². The highest BCUT2D eigenvalue weighted by molar-refractivity contribution is 5.45. The number of anilines is 2. The lowest BCUT2D eigenvalue weighted by molar-refractivity contribution is 0.122. The maximum atomic E-state index is 14.3. The van der Waals surface area contributed by atoms with E-state index in [1.807, 2.05) is 27.5 Å². The second-order valence-electron chi connectivity index (χ2n) is 6.92. The number of nitrogens with zero attached hydrogens (tertiary/aromatic N) is 6. The average molecular weight is 376 g/mol. The lowest BCUT2D eigenvalue weighted by Gasteiger charge is -2.29. The van der Waals surface area contributed by atoms with E-state index in [0.717, 1.165) is 25.2 Å². The van der Waals surface area contributed by atoms with Crippen molar-refractivity contribution in [3.8, 4) is 0 Å². The number of aromatic nitrogens is 4. The molecule has 0 aromatic carbocycles. The van der Waals surface area contributed by atoms with E-state index in [1.54, 1.807) is 0 Å². The minimum absolute atomic E-state index is 0.336. The third-order valence-corrected chi connectivity index (χ3v) is 5.07. The Hall–Kier alpha value is -2.26. The molecule has 9 heteroatoms. The summed E-state index contributed by atoms with van der Waals surface area (Å²) in [6.45, 7) is 6.45. The van der Waals surface area contributed by atoms with Crippen molar-refractivity contribution < 1.29 is 14.2 Å². The molecule has 4 heterocycles. The molecule has 146 valence electrons. The van der Waals surface area contributed by atoms with E-state index in [0.29, 0.717) is 56.7 Å². The van der Waals surface area contributed by atoms with Crippen molar-refractivity contribution in [2.24, 2.45) is 0 Å². The number of morpholine rings is 1. The van der Waals surface area contributed by atoms with Gasteiger partial charge in [0.1, 0.15) is 0 Å². The van der Waals surface area contributed by atoms with Gasteiger partial charge in [-0.3, -0.25) is 4.68 Å². The molecule has 0 unspecified atom stereocenters. The molecule has 0 radical (unpaired) electrons. The highest BCUT2D eigenvalue weighted by Gasteiger charge is 2.23. The maximum absolute atomic E-state index is 14.3. The number of aliphatic hydroxyl groups excluding tert-OH is 1. The van der Waals surface area contributed by atoms with Crippen LogP contribution in [0.2, 0.25) is 0 Å². The van der Waals surface area contributed by atoms with Crippen LogP contribution in [-0.4, -0.2) is 57.7 Å². The molecule has 0 bridgehead atoms. The van der Waals surface area contributed by atoms with Gasteiger partial charge in [-0.25, -0.2) is 9.37 Å². The number of ether oxygens (including phenoxy) is 1. The van der Waals surface area contributed by atoms with E-state index in [4.69, 9.17) is 4.74 Å². The number of aryl methyl sites for hydroxylation is 1. The summed E-state index contributed by atoms with van der Waals surface area (Å²) in [5, 5.41) is 14.6. The second-order valence-corrected chi connectivity index (χ2v) is 6.92. The average Bonchev–Trinajstić information content (AvgIpc) is 3.00. The molecule has 8 nitrogen and oxygen atoms in total. The monoisotopic (exact) mass is 376 g/mol. The fraction of sp³-hybridized carbons (Fsp3) is 0.611. The molecule has 0 saturated carbocycles. The zero-order chi connectivity index (χ0) is 18.8. The Morgan fingerprint density at radius 1 is 1.22 bits per heavy atom. The molecule has 2 aliphatic heterocycles. The minimum atomic E-state index is -0.548. The fourth-order valence-corrected chi connectivity index (χ4v) is 3.53. The van der Waals surface area contributed by atoms with Gasteiger partial charge in [0.25, 0.3) is 0 Å². The van der Waals surface area contributed by atoms with Crippen LogP contribution in [-0.2, 0) is 17.8 Å². The summed E-state index contributed by atoms with van der Waals surface area (Å²) >= 11 is 0. The quantitative estimate of drug-likeness (QED) is 0.866. The first-order valence-electron chi connectivity index (χ1n) is 9.50. The van der Waals surface area contributed by atoms with Crippen molar-refractivity contribution in [3.63, 3.8) is 0 Å². The van der Waals surface area contributed by atoms with E-state index in [9.17, 15) is 9.50 Å². The Labute approximate surface area is 157 Å². The van der Waals surface area contributed by atoms with Crippen molar-refractivity contribution in [2.45, 2.75) is 39.0 Å². The Balaban J connectivity index is 1.58. The van der Waals surface area contributed by atoms with E-state index in [2.05, 4.69) is 15.1 Å². The summed E-state index contributed by atoms with van der Waals surface area (Å²) in [6.07, 6.45) is 2.21. The standard InChI is InChI=1S/C18H25FN6O2/c1-2-16(26)15-10-13-12-24(4-3-5-25(13)22-15)18-20-11-14(19)17(21-18)23-6-8-27-9-7-23/h10-11,16,26H,2-9,12H2,1H3/t16-/m0/s1. The van der Waals surface area contributed by atoms with Crippen LogP contribution < -0.4 is 9.80 Å². The van der Waals surface area contributed by atoms with Gasteiger partial charge in [0.15, 0.2) is 11.6 Å². The zero-order valence-corrected chi connectivity index (χ0v) is 15.5. The normalized spacial score (nSPS) is 18.9. The summed E-state index contributed by atoms with van der Waals surface area (Å²) in [5.41, 5.74) is 1.71. The summed E-state index contributed by atoms with van der Waals surface area (Å²) in [5.74, 6) is 0.446. The van der Waals surface area contributed by atoms with Crippen LogP contribution in [0.4, 0.5) is 16.2 Å². The number of fused-ring (bicyclic) bond motifs is 1. The molecule has 2 aliphatic rings. The van der Waals surface area contributed by atoms with Crippen LogP contribution in [0, 0.1) is 5.82 Å². The number of halogens is 1. The molecule has 4 rings (SSSR count). The summed E-state index contributed by atoms with van der Waals surface area (Å²) in [7, 11) is 0. The fourth-order valence-electron chi connectivity index (χ4n) is 3.53. The minimum Gasteiger partial charge on any atom is -0.387 e. The van der Waals surface area contributed by atoms with Crippen LogP contribution in [0.5, 0.6) is 0 Å². The van der Waals surface area contributed by atoms with Gasteiger partial charge in [-0.2, -0.15) is 10.1 Å². The first kappa shape index (κ1) is 18.1. The highest BCUT2D eigenvalue weighted by Crippen LogP contribution is 2.24. The summed E-state index contributed by atoms with van der Waals surface area (Å²) in [6, 6.07) is 1.94. The number of hydrogen-bond donors (Lipinski definition) is 1. The van der Waals surface area contributed by atoms with Gasteiger partial charge in [-0.15, -0.1) is 0 Å². The maximum Gasteiger partial charge on any atom is 0.227 e. The molecule has 0 amide bonds. The Kier molecular flexibility index (Phi) is 5.22. The Morgan fingerprint density at radius 3 is 2.81 bits per heavy atom. The van der Waals surface area contributed by atoms with E-state index < -0.39 is 11.9 Å². The second kappa shape index (κ2) is 7.77. The molecule has 2 aromatic heterocycles. The summed E-state index contributed by atoms with van der Waals surface area (Å²) in [4.78, 5) is 12.7. The first-order chi connectivity index (χ1) is 13.2. The third-order valence-electron chi connectivity index (χ3n) is 5.07. The van der Waals surface area contributed by atoms with Gasteiger partial charge in [0.05, 0.1) is 43.4 Å². The first-order valence-corrected chi connectivity index (χ1v) is 9.50. The van der Waals surface area contributed by atoms with Crippen LogP contribution in [0.3, 0.4) is 0 Å². The lowest BCUT2D eigenvalue weighted by Crippen LogP contribution is -2.38. The van der Waals surface area contributed by atoms with Crippen LogP contribution in [0.25, 0.3) is 0 Å². The molecular weight excluding hydrogens is 351 g/mol. The molecule has 1 saturated heterocycles. The topological polar surface area (TPSA) is 79.5 Å². The van der Waals surface area contributed by atoms with Crippen LogP contribution in [0.1, 0.15) is 37.3 Å². The van der Waals surface area contributed by atoms with Crippen molar-refractivity contribution in [1.82, 2.24) is 19.7 Å². The molecular formula is C18H25FN6O2. The molecule has 1 N–H and O–H groups in total. The van der Waals surface area contributed by atoms with Crippen LogP contribution >= 0.6 is 0 Å². The molecule has 0 aliphatic carbocycles. The zero-order valence-electron chi connectivity index (χ0n) is 15.5. The smallest absolute Gasteiger partial charge is 0.227 e. The SMILES string of the molecule is CC[C@H](O)c1cc2n(n1)CCCN(c1ncc(F)c(N3CCOCC3)n1)C2. The van der Waals surface area contributed by atoms with Gasteiger partial charge < -0.3 is 19.6 Å². The van der Waals surface area contributed by atoms with E-state index in [-0.39, 0.29) is 0 Å². The summed E-state index contributed by atoms with van der Waals surface area (Å²) < 4.78 is 21.6. The van der Waals surface area contributed by atoms with E-state index in [1.165, 1.54) is 6.20 Å². The molecule has 27 heavy (non-hydrogen) atoms. The number of aliphatic hydroxyl groups is 1. The van der Waals surface area contributed by atoms with Gasteiger partial charge in [0.2, 0.25) is 5.95 Å². The molecule has 0 spiro atoms. The van der Waals surface area contributed by atoms with Gasteiger partial charge in [0, 0.05) is 26.2 Å². The molecule has 1 fully saturated rings. The number of hydrogen-bond acceptors (Lipinski definition) is 7. The van der Waals surface area contributed by atoms with Gasteiger partial charge in [-0.05, 0) is 18.9 Å². The van der Waals surface area contributed by atoms with Crippen molar-refractivity contribution in [1.29, 1.82) is 0 Å².